The quantitative estimate of drug-likeness (QED) is 0.671. The highest BCUT2D eigenvalue weighted by atomic mass is 35.5. The van der Waals surface area contributed by atoms with Gasteiger partial charge >= 0.3 is 0 Å². The summed E-state index contributed by atoms with van der Waals surface area (Å²) in [7, 11) is 0. The van der Waals surface area contributed by atoms with Crippen molar-refractivity contribution in [1.29, 1.82) is 0 Å². The molecule has 3 rings (SSSR count). The van der Waals surface area contributed by atoms with E-state index in [2.05, 4.69) is 23.2 Å². The Morgan fingerprint density at radius 1 is 1.11 bits per heavy atom. The smallest absolute Gasteiger partial charge is 0.251 e. The number of halogens is 1. The van der Waals surface area contributed by atoms with Crippen LogP contribution in [0.3, 0.4) is 0 Å². The Hall–Kier alpha value is -2.04. The van der Waals surface area contributed by atoms with Crippen LogP contribution in [-0.4, -0.2) is 37.0 Å². The summed E-state index contributed by atoms with van der Waals surface area (Å²) in [5, 5.41) is 3.86. The number of carbonyl (C=O) groups excluding carboxylic acids is 1. The third kappa shape index (κ3) is 5.49. The fourth-order valence-corrected chi connectivity index (χ4v) is 3.89. The van der Waals surface area contributed by atoms with Crippen LogP contribution in [0.4, 0.5) is 0 Å². The number of nitrogens with one attached hydrogen (secondary N) is 1. The number of hydrogen-bond acceptors (Lipinski definition) is 3. The van der Waals surface area contributed by atoms with E-state index in [4.69, 9.17) is 16.3 Å². The van der Waals surface area contributed by atoms with E-state index in [1.165, 1.54) is 19.3 Å². The Kier molecular flexibility index (Phi) is 7.75. The van der Waals surface area contributed by atoms with Crippen molar-refractivity contribution < 1.29 is 9.53 Å². The zero-order chi connectivity index (χ0) is 19.8. The average Bonchev–Trinajstić information content (AvgIpc) is 2.74. The summed E-state index contributed by atoms with van der Waals surface area (Å²) in [6.45, 7) is 5.36. The standard InChI is InChI=1S/C23H29ClN2O2/c1-2-16-28-19-12-10-18(11-13-19)23(27)25-17-22(26-14-6-3-7-15-26)20-8-4-5-9-21(20)24/h4-5,8-13,22H,2-3,6-7,14-17H2,1H3,(H,25,27)/t22-/m1/s1. The molecule has 1 aliphatic rings. The summed E-state index contributed by atoms with van der Waals surface area (Å²) in [6.07, 6.45) is 4.61. The molecular weight excluding hydrogens is 372 g/mol. The second-order valence-corrected chi connectivity index (χ2v) is 7.62. The lowest BCUT2D eigenvalue weighted by molar-refractivity contribution is 0.0924. The topological polar surface area (TPSA) is 41.6 Å². The maximum Gasteiger partial charge on any atom is 0.251 e. The lowest BCUT2D eigenvalue weighted by atomic mass is 10.0. The van der Waals surface area contributed by atoms with Gasteiger partial charge in [-0.15, -0.1) is 0 Å². The molecule has 2 aromatic carbocycles. The molecule has 1 amide bonds. The molecule has 1 aliphatic heterocycles. The molecule has 5 heteroatoms. The maximum absolute atomic E-state index is 12.7. The normalized spacial score (nSPS) is 15.8. The minimum Gasteiger partial charge on any atom is -0.494 e. The molecule has 28 heavy (non-hydrogen) atoms. The van der Waals surface area contributed by atoms with Gasteiger partial charge in [0.15, 0.2) is 0 Å². The molecule has 0 spiro atoms. The van der Waals surface area contributed by atoms with E-state index < -0.39 is 0 Å². The third-order valence-electron chi connectivity index (χ3n) is 5.14. The first kappa shape index (κ1) is 20.7. The van der Waals surface area contributed by atoms with Crippen LogP contribution in [0.5, 0.6) is 5.75 Å². The average molecular weight is 401 g/mol. The highest BCUT2D eigenvalue weighted by Gasteiger charge is 2.24. The van der Waals surface area contributed by atoms with Crippen molar-refractivity contribution in [3.05, 3.63) is 64.7 Å². The van der Waals surface area contributed by atoms with Crippen LogP contribution in [0.1, 0.15) is 54.6 Å². The first-order valence-corrected chi connectivity index (χ1v) is 10.6. The molecule has 1 fully saturated rings. The van der Waals surface area contributed by atoms with E-state index in [1.807, 2.05) is 42.5 Å². The van der Waals surface area contributed by atoms with Crippen LogP contribution in [0.15, 0.2) is 48.5 Å². The lowest BCUT2D eigenvalue weighted by Gasteiger charge is -2.35. The number of rotatable bonds is 8. The van der Waals surface area contributed by atoms with Gasteiger partial charge in [0.2, 0.25) is 0 Å². The molecule has 0 aromatic heterocycles. The summed E-state index contributed by atoms with van der Waals surface area (Å²) < 4.78 is 5.59. The fraction of sp³-hybridized carbons (Fsp3) is 0.435. The Labute approximate surface area is 172 Å². The van der Waals surface area contributed by atoms with E-state index in [-0.39, 0.29) is 11.9 Å². The number of piperidine rings is 1. The fourth-order valence-electron chi connectivity index (χ4n) is 3.63. The highest BCUT2D eigenvalue weighted by Crippen LogP contribution is 2.29. The first-order valence-electron chi connectivity index (χ1n) is 10.2. The summed E-state index contributed by atoms with van der Waals surface area (Å²) in [6, 6.07) is 15.3. The lowest BCUT2D eigenvalue weighted by Crippen LogP contribution is -2.40. The predicted octanol–water partition coefficient (Wildman–Crippen LogP) is 5.09. The predicted molar refractivity (Wildman–Crippen MR) is 114 cm³/mol. The largest absolute Gasteiger partial charge is 0.494 e. The number of benzene rings is 2. The van der Waals surface area contributed by atoms with Gasteiger partial charge in [0, 0.05) is 17.1 Å². The molecule has 0 saturated carbocycles. The van der Waals surface area contributed by atoms with Gasteiger partial charge in [-0.1, -0.05) is 43.1 Å². The molecule has 2 aromatic rings. The van der Waals surface area contributed by atoms with Gasteiger partial charge < -0.3 is 10.1 Å². The minimum absolute atomic E-state index is 0.0731. The van der Waals surface area contributed by atoms with Crippen molar-refractivity contribution in [3.8, 4) is 5.75 Å². The molecule has 0 aliphatic carbocycles. The maximum atomic E-state index is 12.7. The summed E-state index contributed by atoms with van der Waals surface area (Å²) in [4.78, 5) is 15.1. The van der Waals surface area contributed by atoms with Crippen LogP contribution in [0.2, 0.25) is 5.02 Å². The number of nitrogens with zero attached hydrogens (tertiary/aromatic N) is 1. The van der Waals surface area contributed by atoms with Crippen molar-refractivity contribution in [1.82, 2.24) is 10.2 Å². The van der Waals surface area contributed by atoms with Gasteiger partial charge in [-0.2, -0.15) is 0 Å². The van der Waals surface area contributed by atoms with E-state index >= 15 is 0 Å². The monoisotopic (exact) mass is 400 g/mol. The van der Waals surface area contributed by atoms with Crippen molar-refractivity contribution in [3.63, 3.8) is 0 Å². The van der Waals surface area contributed by atoms with E-state index in [0.29, 0.717) is 18.7 Å². The van der Waals surface area contributed by atoms with Crippen molar-refractivity contribution in [2.24, 2.45) is 0 Å². The Bertz CT molecular complexity index is 757. The molecular formula is C23H29ClN2O2. The van der Waals surface area contributed by atoms with Gasteiger partial charge in [-0.3, -0.25) is 9.69 Å². The molecule has 0 radical (unpaired) electrons. The molecule has 1 N–H and O–H groups in total. The number of carbonyl (C=O) groups is 1. The van der Waals surface area contributed by atoms with Crippen LogP contribution >= 0.6 is 11.6 Å². The summed E-state index contributed by atoms with van der Waals surface area (Å²) >= 11 is 6.48. The Morgan fingerprint density at radius 2 is 1.82 bits per heavy atom. The van der Waals surface area contributed by atoms with Crippen LogP contribution in [0, 0.1) is 0 Å². The molecule has 1 saturated heterocycles. The van der Waals surface area contributed by atoms with Crippen molar-refractivity contribution >= 4 is 17.5 Å². The minimum atomic E-state index is -0.0731. The summed E-state index contributed by atoms with van der Waals surface area (Å²) in [5.41, 5.74) is 1.72. The zero-order valence-electron chi connectivity index (χ0n) is 16.5. The van der Waals surface area contributed by atoms with Crippen LogP contribution < -0.4 is 10.1 Å². The van der Waals surface area contributed by atoms with E-state index in [9.17, 15) is 4.79 Å². The molecule has 0 unspecified atom stereocenters. The van der Waals surface area contributed by atoms with Crippen LogP contribution in [0.25, 0.3) is 0 Å². The molecule has 150 valence electrons. The SMILES string of the molecule is CCCOc1ccc(C(=O)NC[C@H](c2ccccc2Cl)N2CCCCC2)cc1. The summed E-state index contributed by atoms with van der Waals surface area (Å²) in [5.74, 6) is 0.719. The number of ether oxygens (including phenoxy) is 1. The Balaban J connectivity index is 1.67. The van der Waals surface area contributed by atoms with E-state index in [1.54, 1.807) is 0 Å². The first-order chi connectivity index (χ1) is 13.7. The molecule has 4 nitrogen and oxygen atoms in total. The van der Waals surface area contributed by atoms with E-state index in [0.717, 1.165) is 35.8 Å². The molecule has 1 atom stereocenters. The van der Waals surface area contributed by atoms with Crippen molar-refractivity contribution in [2.45, 2.75) is 38.6 Å². The third-order valence-corrected chi connectivity index (χ3v) is 5.49. The van der Waals surface area contributed by atoms with Gasteiger partial charge in [-0.05, 0) is 68.2 Å². The van der Waals surface area contributed by atoms with Crippen molar-refractivity contribution in [2.75, 3.05) is 26.2 Å². The zero-order valence-corrected chi connectivity index (χ0v) is 17.3. The number of hydrogen-bond donors (Lipinski definition) is 1. The van der Waals surface area contributed by atoms with Gasteiger partial charge in [-0.25, -0.2) is 0 Å². The second-order valence-electron chi connectivity index (χ2n) is 7.22. The second kappa shape index (κ2) is 10.5. The van der Waals surface area contributed by atoms with Crippen LogP contribution in [-0.2, 0) is 0 Å². The molecule has 1 heterocycles. The van der Waals surface area contributed by atoms with Gasteiger partial charge in [0.25, 0.3) is 5.91 Å². The van der Waals surface area contributed by atoms with Gasteiger partial charge in [0.1, 0.15) is 5.75 Å². The number of amides is 1. The highest BCUT2D eigenvalue weighted by molar-refractivity contribution is 6.31. The number of likely N-dealkylation sites (tertiary alicyclic amines) is 1. The Morgan fingerprint density at radius 3 is 2.50 bits per heavy atom. The van der Waals surface area contributed by atoms with Gasteiger partial charge in [0.05, 0.1) is 12.6 Å². The molecule has 0 bridgehead atoms.